The first-order chi connectivity index (χ1) is 6.99. The topological polar surface area (TPSA) is 12.0 Å². The average molecular weight is 213 g/mol. The molecule has 2 unspecified atom stereocenters. The SMILES string of the molecule is CC.CC1CCNCC1CCC(C)(C)C. The van der Waals surface area contributed by atoms with Crippen LogP contribution < -0.4 is 5.32 Å². The van der Waals surface area contributed by atoms with Crippen LogP contribution in [0.4, 0.5) is 0 Å². The number of hydrogen-bond acceptors (Lipinski definition) is 1. The van der Waals surface area contributed by atoms with Crippen molar-refractivity contribution in [3.05, 3.63) is 0 Å². The highest BCUT2D eigenvalue weighted by molar-refractivity contribution is 4.76. The van der Waals surface area contributed by atoms with Gasteiger partial charge in [0, 0.05) is 0 Å². The summed E-state index contributed by atoms with van der Waals surface area (Å²) in [5.74, 6) is 1.86. The number of piperidine rings is 1. The highest BCUT2D eigenvalue weighted by Crippen LogP contribution is 2.29. The standard InChI is InChI=1S/C12H25N.C2H6/c1-10-6-8-13-9-11(10)5-7-12(2,3)4;1-2/h10-11,13H,5-9H2,1-4H3;1-2H3. The van der Waals surface area contributed by atoms with Crippen molar-refractivity contribution < 1.29 is 0 Å². The van der Waals surface area contributed by atoms with Crippen molar-refractivity contribution in [2.24, 2.45) is 17.3 Å². The third kappa shape index (κ3) is 6.94. The molecule has 0 saturated carbocycles. The quantitative estimate of drug-likeness (QED) is 0.728. The Morgan fingerprint density at radius 3 is 2.27 bits per heavy atom. The molecule has 1 N–H and O–H groups in total. The van der Waals surface area contributed by atoms with Gasteiger partial charge in [-0.2, -0.15) is 0 Å². The van der Waals surface area contributed by atoms with Crippen molar-refractivity contribution in [3.8, 4) is 0 Å². The molecule has 15 heavy (non-hydrogen) atoms. The van der Waals surface area contributed by atoms with Gasteiger partial charge in [-0.05, 0) is 49.6 Å². The lowest BCUT2D eigenvalue weighted by atomic mass is 9.80. The zero-order chi connectivity index (χ0) is 11.9. The second-order valence-electron chi connectivity index (χ2n) is 5.83. The Morgan fingerprint density at radius 1 is 1.20 bits per heavy atom. The predicted molar refractivity (Wildman–Crippen MR) is 70.2 cm³/mol. The van der Waals surface area contributed by atoms with Crippen LogP contribution in [0.3, 0.4) is 0 Å². The Morgan fingerprint density at radius 2 is 1.80 bits per heavy atom. The van der Waals surface area contributed by atoms with Gasteiger partial charge in [-0.1, -0.05) is 41.5 Å². The lowest BCUT2D eigenvalue weighted by Crippen LogP contribution is -2.35. The van der Waals surface area contributed by atoms with E-state index in [-0.39, 0.29) is 0 Å². The van der Waals surface area contributed by atoms with Crippen LogP contribution in [-0.2, 0) is 0 Å². The average Bonchev–Trinajstić information content (AvgIpc) is 2.18. The van der Waals surface area contributed by atoms with Crippen LogP contribution in [0, 0.1) is 17.3 Å². The van der Waals surface area contributed by atoms with Crippen LogP contribution in [0.5, 0.6) is 0 Å². The first kappa shape index (κ1) is 15.0. The van der Waals surface area contributed by atoms with Gasteiger partial charge in [-0.25, -0.2) is 0 Å². The fourth-order valence-electron chi connectivity index (χ4n) is 2.06. The van der Waals surface area contributed by atoms with E-state index < -0.39 is 0 Å². The van der Waals surface area contributed by atoms with Crippen LogP contribution in [0.15, 0.2) is 0 Å². The first-order valence-corrected chi connectivity index (χ1v) is 6.70. The first-order valence-electron chi connectivity index (χ1n) is 6.70. The van der Waals surface area contributed by atoms with Gasteiger partial charge in [0.2, 0.25) is 0 Å². The summed E-state index contributed by atoms with van der Waals surface area (Å²) in [5.41, 5.74) is 0.511. The summed E-state index contributed by atoms with van der Waals surface area (Å²) in [4.78, 5) is 0. The molecule has 1 fully saturated rings. The number of rotatable bonds is 2. The molecule has 0 aromatic heterocycles. The molecule has 1 heteroatoms. The van der Waals surface area contributed by atoms with Gasteiger partial charge in [0.25, 0.3) is 0 Å². The Balaban J connectivity index is 0.000000921. The van der Waals surface area contributed by atoms with Crippen molar-refractivity contribution in [2.75, 3.05) is 13.1 Å². The van der Waals surface area contributed by atoms with Gasteiger partial charge in [-0.3, -0.25) is 0 Å². The van der Waals surface area contributed by atoms with Crippen molar-refractivity contribution in [2.45, 2.75) is 60.8 Å². The van der Waals surface area contributed by atoms with Crippen LogP contribution in [-0.4, -0.2) is 13.1 Å². The van der Waals surface area contributed by atoms with Gasteiger partial charge >= 0.3 is 0 Å². The second-order valence-corrected chi connectivity index (χ2v) is 5.83. The van der Waals surface area contributed by atoms with Crippen LogP contribution in [0.2, 0.25) is 0 Å². The summed E-state index contributed by atoms with van der Waals surface area (Å²) in [6, 6.07) is 0. The minimum Gasteiger partial charge on any atom is -0.316 e. The molecule has 2 atom stereocenters. The summed E-state index contributed by atoms with van der Waals surface area (Å²) < 4.78 is 0. The van der Waals surface area contributed by atoms with Crippen molar-refractivity contribution in [1.29, 1.82) is 0 Å². The number of nitrogens with one attached hydrogen (secondary N) is 1. The number of hydrogen-bond donors (Lipinski definition) is 1. The molecule has 0 bridgehead atoms. The molecule has 1 saturated heterocycles. The Kier molecular flexibility index (Phi) is 7.25. The molecule has 1 nitrogen and oxygen atoms in total. The minimum absolute atomic E-state index is 0.511. The zero-order valence-corrected chi connectivity index (χ0v) is 11.7. The van der Waals surface area contributed by atoms with Crippen LogP contribution in [0.25, 0.3) is 0 Å². The molecule has 92 valence electrons. The molecule has 1 rings (SSSR count). The molecule has 0 aliphatic carbocycles. The zero-order valence-electron chi connectivity index (χ0n) is 11.7. The third-order valence-corrected chi connectivity index (χ3v) is 3.25. The van der Waals surface area contributed by atoms with E-state index in [0.717, 1.165) is 11.8 Å². The fraction of sp³-hybridized carbons (Fsp3) is 1.00. The van der Waals surface area contributed by atoms with E-state index in [1.165, 1.54) is 32.4 Å². The molecule has 0 aromatic carbocycles. The normalized spacial score (nSPS) is 26.8. The molecule has 0 radical (unpaired) electrons. The van der Waals surface area contributed by atoms with E-state index in [4.69, 9.17) is 0 Å². The Bertz CT molecular complexity index is 146. The lowest BCUT2D eigenvalue weighted by molar-refractivity contribution is 0.224. The predicted octanol–water partition coefficient (Wildman–Crippen LogP) is 4.08. The molecule has 1 aliphatic rings. The van der Waals surface area contributed by atoms with Crippen molar-refractivity contribution in [3.63, 3.8) is 0 Å². The molecule has 1 heterocycles. The van der Waals surface area contributed by atoms with Gasteiger partial charge in [0.1, 0.15) is 0 Å². The molecular formula is C14H31N. The molecule has 0 amide bonds. The largest absolute Gasteiger partial charge is 0.316 e. The van der Waals surface area contributed by atoms with Crippen molar-refractivity contribution in [1.82, 2.24) is 5.32 Å². The van der Waals surface area contributed by atoms with E-state index in [9.17, 15) is 0 Å². The minimum atomic E-state index is 0.511. The van der Waals surface area contributed by atoms with Gasteiger partial charge in [0.15, 0.2) is 0 Å². The summed E-state index contributed by atoms with van der Waals surface area (Å²) in [7, 11) is 0. The second kappa shape index (κ2) is 7.27. The summed E-state index contributed by atoms with van der Waals surface area (Å²) >= 11 is 0. The van der Waals surface area contributed by atoms with Gasteiger partial charge in [0.05, 0.1) is 0 Å². The maximum absolute atomic E-state index is 3.50. The molecular weight excluding hydrogens is 182 g/mol. The van der Waals surface area contributed by atoms with E-state index >= 15 is 0 Å². The van der Waals surface area contributed by atoms with Gasteiger partial charge < -0.3 is 5.32 Å². The Hall–Kier alpha value is -0.0400. The molecule has 1 aliphatic heterocycles. The monoisotopic (exact) mass is 213 g/mol. The third-order valence-electron chi connectivity index (χ3n) is 3.25. The maximum Gasteiger partial charge on any atom is -0.00180 e. The van der Waals surface area contributed by atoms with E-state index in [0.29, 0.717) is 5.41 Å². The summed E-state index contributed by atoms with van der Waals surface area (Å²) in [6.45, 7) is 15.9. The van der Waals surface area contributed by atoms with Crippen LogP contribution >= 0.6 is 0 Å². The summed E-state index contributed by atoms with van der Waals surface area (Å²) in [6.07, 6.45) is 4.14. The van der Waals surface area contributed by atoms with E-state index in [1.807, 2.05) is 13.8 Å². The van der Waals surface area contributed by atoms with E-state index in [1.54, 1.807) is 0 Å². The fourth-order valence-corrected chi connectivity index (χ4v) is 2.06. The maximum atomic E-state index is 3.50. The summed E-state index contributed by atoms with van der Waals surface area (Å²) in [5, 5.41) is 3.50. The lowest BCUT2D eigenvalue weighted by Gasteiger charge is -2.31. The molecule has 0 aromatic rings. The highest BCUT2D eigenvalue weighted by Gasteiger charge is 2.22. The van der Waals surface area contributed by atoms with Gasteiger partial charge in [-0.15, -0.1) is 0 Å². The van der Waals surface area contributed by atoms with E-state index in [2.05, 4.69) is 33.0 Å². The highest BCUT2D eigenvalue weighted by atomic mass is 14.9. The smallest absolute Gasteiger partial charge is 0.00180 e. The van der Waals surface area contributed by atoms with Crippen LogP contribution in [0.1, 0.15) is 60.8 Å². The molecule has 0 spiro atoms. The Labute approximate surface area is 97.0 Å². The van der Waals surface area contributed by atoms with Crippen molar-refractivity contribution >= 4 is 0 Å².